The van der Waals surface area contributed by atoms with Crippen LogP contribution in [0.3, 0.4) is 0 Å². The van der Waals surface area contributed by atoms with Crippen LogP contribution in [-0.2, 0) is 6.54 Å². The van der Waals surface area contributed by atoms with E-state index in [0.717, 1.165) is 16.6 Å². The second-order valence-electron chi connectivity index (χ2n) is 5.17. The quantitative estimate of drug-likeness (QED) is 0.775. The minimum Gasteiger partial charge on any atom is -0.437 e. The molecule has 2 aromatic rings. The molecule has 3 nitrogen and oxygen atoms in total. The molecule has 2 rings (SSSR count). The Labute approximate surface area is 138 Å². The average molecular weight is 370 g/mol. The molecule has 0 aliphatic rings. The van der Waals surface area contributed by atoms with Gasteiger partial charge in [0.05, 0.1) is 5.02 Å². The first kappa shape index (κ1) is 16.3. The Bertz CT molecular complexity index is 605. The Morgan fingerprint density at radius 2 is 2.14 bits per heavy atom. The van der Waals surface area contributed by atoms with E-state index in [-0.39, 0.29) is 0 Å². The monoisotopic (exact) mass is 368 g/mol. The highest BCUT2D eigenvalue weighted by molar-refractivity contribution is 9.10. The number of ether oxygens (including phenoxy) is 1. The molecular weight excluding hydrogens is 352 g/mol. The summed E-state index contributed by atoms with van der Waals surface area (Å²) in [4.78, 5) is 4.31. The molecular formula is C16H18BrClN2O. The standard InChI is InChI=1S/C16H18BrClN2O/c1-11(2)9-19-10-12-4-3-7-20-16(12)21-15-8-13(17)5-6-14(15)18/h3-8,11,19H,9-10H2,1-2H3. The van der Waals surface area contributed by atoms with Gasteiger partial charge in [0.25, 0.3) is 0 Å². The largest absolute Gasteiger partial charge is 0.437 e. The van der Waals surface area contributed by atoms with Crippen LogP contribution in [0.2, 0.25) is 5.02 Å². The predicted octanol–water partition coefficient (Wildman–Crippen LogP) is 5.04. The Morgan fingerprint density at radius 3 is 2.90 bits per heavy atom. The molecule has 0 aliphatic carbocycles. The molecule has 5 heteroatoms. The van der Waals surface area contributed by atoms with E-state index >= 15 is 0 Å². The Kier molecular flexibility index (Phi) is 6.03. The number of halogens is 2. The fraction of sp³-hybridized carbons (Fsp3) is 0.312. The summed E-state index contributed by atoms with van der Waals surface area (Å²) < 4.78 is 6.78. The second kappa shape index (κ2) is 7.78. The van der Waals surface area contributed by atoms with Gasteiger partial charge in [0, 0.05) is 22.8 Å². The number of nitrogens with zero attached hydrogens (tertiary/aromatic N) is 1. The van der Waals surface area contributed by atoms with Gasteiger partial charge in [0.1, 0.15) is 5.75 Å². The lowest BCUT2D eigenvalue weighted by atomic mass is 10.2. The maximum Gasteiger partial charge on any atom is 0.223 e. The molecule has 1 heterocycles. The summed E-state index contributed by atoms with van der Waals surface area (Å²) in [6, 6.07) is 9.41. The highest BCUT2D eigenvalue weighted by atomic mass is 79.9. The van der Waals surface area contributed by atoms with Gasteiger partial charge in [-0.3, -0.25) is 0 Å². The van der Waals surface area contributed by atoms with Crippen molar-refractivity contribution in [3.63, 3.8) is 0 Å². The summed E-state index contributed by atoms with van der Waals surface area (Å²) in [6.45, 7) is 6.02. The molecule has 0 unspecified atom stereocenters. The van der Waals surface area contributed by atoms with Gasteiger partial charge in [-0.1, -0.05) is 47.4 Å². The van der Waals surface area contributed by atoms with Crippen molar-refractivity contribution in [2.45, 2.75) is 20.4 Å². The van der Waals surface area contributed by atoms with E-state index in [9.17, 15) is 0 Å². The SMILES string of the molecule is CC(C)CNCc1cccnc1Oc1cc(Br)ccc1Cl. The second-order valence-corrected chi connectivity index (χ2v) is 6.49. The molecule has 0 bridgehead atoms. The van der Waals surface area contributed by atoms with Gasteiger partial charge in [0.2, 0.25) is 5.88 Å². The maximum absolute atomic E-state index is 6.16. The van der Waals surface area contributed by atoms with Crippen LogP contribution in [0.5, 0.6) is 11.6 Å². The fourth-order valence-electron chi connectivity index (χ4n) is 1.81. The molecule has 0 aliphatic heterocycles. The molecule has 1 N–H and O–H groups in total. The summed E-state index contributed by atoms with van der Waals surface area (Å²) in [7, 11) is 0. The van der Waals surface area contributed by atoms with Gasteiger partial charge in [0.15, 0.2) is 0 Å². The van der Waals surface area contributed by atoms with Crippen LogP contribution < -0.4 is 10.1 Å². The molecule has 112 valence electrons. The van der Waals surface area contributed by atoms with E-state index in [4.69, 9.17) is 16.3 Å². The molecule has 21 heavy (non-hydrogen) atoms. The fourth-order valence-corrected chi connectivity index (χ4v) is 2.30. The molecule has 0 radical (unpaired) electrons. The lowest BCUT2D eigenvalue weighted by Gasteiger charge is -2.12. The zero-order chi connectivity index (χ0) is 15.2. The number of hydrogen-bond acceptors (Lipinski definition) is 3. The molecule has 0 spiro atoms. The zero-order valence-electron chi connectivity index (χ0n) is 12.1. The molecule has 1 aromatic carbocycles. The minimum absolute atomic E-state index is 0.560. The normalized spacial score (nSPS) is 10.9. The molecule has 1 aromatic heterocycles. The third kappa shape index (κ3) is 4.99. The van der Waals surface area contributed by atoms with E-state index in [1.165, 1.54) is 0 Å². The average Bonchev–Trinajstić information content (AvgIpc) is 2.44. The number of aromatic nitrogens is 1. The van der Waals surface area contributed by atoms with Crippen LogP contribution >= 0.6 is 27.5 Å². The van der Waals surface area contributed by atoms with Crippen LogP contribution in [0.25, 0.3) is 0 Å². The van der Waals surface area contributed by atoms with Gasteiger partial charge in [-0.15, -0.1) is 0 Å². The van der Waals surface area contributed by atoms with Crippen molar-refractivity contribution in [3.8, 4) is 11.6 Å². The zero-order valence-corrected chi connectivity index (χ0v) is 14.4. The highest BCUT2D eigenvalue weighted by Crippen LogP contribution is 2.32. The van der Waals surface area contributed by atoms with Gasteiger partial charge in [-0.2, -0.15) is 0 Å². The van der Waals surface area contributed by atoms with Gasteiger partial charge in [-0.05, 0) is 36.7 Å². The van der Waals surface area contributed by atoms with Crippen LogP contribution in [0.4, 0.5) is 0 Å². The van der Waals surface area contributed by atoms with E-state index in [1.54, 1.807) is 12.3 Å². The van der Waals surface area contributed by atoms with Crippen molar-refractivity contribution in [3.05, 3.63) is 51.6 Å². The molecule has 0 saturated carbocycles. The van der Waals surface area contributed by atoms with Crippen LogP contribution in [0.1, 0.15) is 19.4 Å². The van der Waals surface area contributed by atoms with Crippen molar-refractivity contribution in [2.24, 2.45) is 5.92 Å². The summed E-state index contributed by atoms with van der Waals surface area (Å²) in [5.41, 5.74) is 1.01. The lowest BCUT2D eigenvalue weighted by Crippen LogP contribution is -2.19. The van der Waals surface area contributed by atoms with Gasteiger partial charge in [-0.25, -0.2) is 4.98 Å². The van der Waals surface area contributed by atoms with E-state index in [0.29, 0.717) is 29.1 Å². The Hall–Kier alpha value is -1.10. The topological polar surface area (TPSA) is 34.2 Å². The highest BCUT2D eigenvalue weighted by Gasteiger charge is 2.09. The smallest absolute Gasteiger partial charge is 0.223 e. The van der Waals surface area contributed by atoms with Crippen LogP contribution in [0.15, 0.2) is 41.0 Å². The van der Waals surface area contributed by atoms with E-state index in [2.05, 4.69) is 40.1 Å². The number of nitrogens with one attached hydrogen (secondary N) is 1. The Morgan fingerprint density at radius 1 is 1.33 bits per heavy atom. The summed E-state index contributed by atoms with van der Waals surface area (Å²) in [5, 5.41) is 3.95. The van der Waals surface area contributed by atoms with Crippen molar-refractivity contribution in [2.75, 3.05) is 6.54 Å². The lowest BCUT2D eigenvalue weighted by molar-refractivity contribution is 0.450. The van der Waals surface area contributed by atoms with Gasteiger partial charge >= 0.3 is 0 Å². The van der Waals surface area contributed by atoms with Crippen LogP contribution in [0, 0.1) is 5.92 Å². The summed E-state index contributed by atoms with van der Waals surface area (Å²) >= 11 is 9.57. The molecule has 0 amide bonds. The Balaban J connectivity index is 2.14. The predicted molar refractivity (Wildman–Crippen MR) is 90.0 cm³/mol. The first-order valence-electron chi connectivity index (χ1n) is 6.84. The summed E-state index contributed by atoms with van der Waals surface area (Å²) in [5.74, 6) is 1.77. The maximum atomic E-state index is 6.16. The number of benzene rings is 1. The number of rotatable bonds is 6. The van der Waals surface area contributed by atoms with Gasteiger partial charge < -0.3 is 10.1 Å². The van der Waals surface area contributed by atoms with Crippen LogP contribution in [-0.4, -0.2) is 11.5 Å². The third-order valence-corrected chi connectivity index (χ3v) is 3.62. The van der Waals surface area contributed by atoms with Crippen molar-refractivity contribution in [1.29, 1.82) is 0 Å². The third-order valence-electron chi connectivity index (χ3n) is 2.82. The molecule has 0 saturated heterocycles. The molecule has 0 fully saturated rings. The number of pyridine rings is 1. The molecule has 0 atom stereocenters. The summed E-state index contributed by atoms with van der Waals surface area (Å²) in [6.07, 6.45) is 1.72. The first-order valence-corrected chi connectivity index (χ1v) is 8.01. The number of hydrogen-bond donors (Lipinski definition) is 1. The minimum atomic E-state index is 0.560. The van der Waals surface area contributed by atoms with E-state index < -0.39 is 0 Å². The van der Waals surface area contributed by atoms with Crippen molar-refractivity contribution < 1.29 is 4.74 Å². The first-order chi connectivity index (χ1) is 10.1. The van der Waals surface area contributed by atoms with Crippen molar-refractivity contribution >= 4 is 27.5 Å². The van der Waals surface area contributed by atoms with Crippen molar-refractivity contribution in [1.82, 2.24) is 10.3 Å². The van der Waals surface area contributed by atoms with E-state index in [1.807, 2.05) is 24.3 Å².